The van der Waals surface area contributed by atoms with Gasteiger partial charge in [0.1, 0.15) is 10.7 Å². The number of aromatic nitrogens is 1. The predicted octanol–water partition coefficient (Wildman–Crippen LogP) is 1.74. The van der Waals surface area contributed by atoms with Crippen molar-refractivity contribution in [2.24, 2.45) is 0 Å². The van der Waals surface area contributed by atoms with Crippen molar-refractivity contribution in [3.05, 3.63) is 66.2 Å². The van der Waals surface area contributed by atoms with Gasteiger partial charge in [-0.3, -0.25) is 9.78 Å². The SMILES string of the molecule is O=C(/C=C/c1ccc(F)cc1)NS(=O)(=O)c1cccnc1. The molecule has 5 nitrogen and oxygen atoms in total. The topological polar surface area (TPSA) is 76.1 Å². The van der Waals surface area contributed by atoms with Gasteiger partial charge in [0.05, 0.1) is 0 Å². The standard InChI is InChI=1S/C14H11FN2O3S/c15-12-6-3-11(4-7-12)5-8-14(18)17-21(19,20)13-2-1-9-16-10-13/h1-10H,(H,17,18)/b8-5+. The second-order valence-corrected chi connectivity index (χ2v) is 5.73. The predicted molar refractivity (Wildman–Crippen MR) is 75.0 cm³/mol. The van der Waals surface area contributed by atoms with Crippen LogP contribution in [0.15, 0.2) is 59.8 Å². The average molecular weight is 306 g/mol. The summed E-state index contributed by atoms with van der Waals surface area (Å²) >= 11 is 0. The molecule has 0 aliphatic rings. The Bertz CT molecular complexity index is 757. The highest BCUT2D eigenvalue weighted by Crippen LogP contribution is 2.07. The van der Waals surface area contributed by atoms with E-state index in [0.29, 0.717) is 5.56 Å². The van der Waals surface area contributed by atoms with Crippen molar-refractivity contribution in [2.75, 3.05) is 0 Å². The smallest absolute Gasteiger partial charge is 0.265 e. The fourth-order valence-electron chi connectivity index (χ4n) is 1.48. The van der Waals surface area contributed by atoms with Crippen LogP contribution < -0.4 is 4.72 Å². The maximum absolute atomic E-state index is 12.7. The van der Waals surface area contributed by atoms with Crippen LogP contribution in [0.4, 0.5) is 4.39 Å². The number of halogens is 1. The lowest BCUT2D eigenvalue weighted by Crippen LogP contribution is -2.29. The number of pyridine rings is 1. The first-order chi connectivity index (χ1) is 9.97. The van der Waals surface area contributed by atoms with Crippen molar-refractivity contribution in [3.63, 3.8) is 0 Å². The van der Waals surface area contributed by atoms with Gasteiger partial charge in [0.2, 0.25) is 0 Å². The molecule has 1 N–H and O–H groups in total. The van der Waals surface area contributed by atoms with Crippen LogP contribution in [-0.4, -0.2) is 19.3 Å². The van der Waals surface area contributed by atoms with E-state index >= 15 is 0 Å². The van der Waals surface area contributed by atoms with Crippen LogP contribution in [-0.2, 0) is 14.8 Å². The fourth-order valence-corrected chi connectivity index (χ4v) is 2.39. The van der Waals surface area contributed by atoms with E-state index in [2.05, 4.69) is 4.98 Å². The van der Waals surface area contributed by atoms with Crippen LogP contribution in [0.3, 0.4) is 0 Å². The van der Waals surface area contributed by atoms with Crippen molar-refractivity contribution >= 4 is 22.0 Å². The molecule has 108 valence electrons. The summed E-state index contributed by atoms with van der Waals surface area (Å²) in [6.45, 7) is 0. The van der Waals surface area contributed by atoms with Gasteiger partial charge in [0, 0.05) is 18.5 Å². The Morgan fingerprint density at radius 3 is 2.52 bits per heavy atom. The molecule has 0 radical (unpaired) electrons. The van der Waals surface area contributed by atoms with Gasteiger partial charge in [-0.15, -0.1) is 0 Å². The highest BCUT2D eigenvalue weighted by atomic mass is 32.2. The molecule has 2 aromatic rings. The molecule has 0 bridgehead atoms. The van der Waals surface area contributed by atoms with E-state index in [1.165, 1.54) is 48.7 Å². The molecule has 21 heavy (non-hydrogen) atoms. The maximum Gasteiger partial charge on any atom is 0.265 e. The molecular formula is C14H11FN2O3S. The Labute approximate surface area is 121 Å². The minimum Gasteiger partial charge on any atom is -0.269 e. The lowest BCUT2D eigenvalue weighted by molar-refractivity contribution is -0.114. The van der Waals surface area contributed by atoms with Crippen LogP contribution in [0, 0.1) is 5.82 Å². The van der Waals surface area contributed by atoms with E-state index in [-0.39, 0.29) is 4.90 Å². The number of carbonyl (C=O) groups is 1. The van der Waals surface area contributed by atoms with E-state index < -0.39 is 21.7 Å². The van der Waals surface area contributed by atoms with E-state index in [1.54, 1.807) is 0 Å². The van der Waals surface area contributed by atoms with Crippen LogP contribution in [0.5, 0.6) is 0 Å². The zero-order valence-electron chi connectivity index (χ0n) is 10.7. The summed E-state index contributed by atoms with van der Waals surface area (Å²) in [7, 11) is -3.94. The first kappa shape index (κ1) is 14.9. The van der Waals surface area contributed by atoms with Crippen LogP contribution >= 0.6 is 0 Å². The Morgan fingerprint density at radius 2 is 1.90 bits per heavy atom. The molecule has 1 aromatic carbocycles. The molecule has 1 amide bonds. The molecule has 0 unspecified atom stereocenters. The second-order valence-electron chi connectivity index (χ2n) is 4.04. The summed E-state index contributed by atoms with van der Waals surface area (Å²) in [5.74, 6) is -1.20. The van der Waals surface area contributed by atoms with Crippen molar-refractivity contribution in [3.8, 4) is 0 Å². The van der Waals surface area contributed by atoms with Crippen molar-refractivity contribution in [2.45, 2.75) is 4.90 Å². The summed E-state index contributed by atoms with van der Waals surface area (Å²) < 4.78 is 38.3. The fraction of sp³-hybridized carbons (Fsp3) is 0. The monoisotopic (exact) mass is 306 g/mol. The Hall–Kier alpha value is -2.54. The first-order valence-corrected chi connectivity index (χ1v) is 7.36. The number of carbonyl (C=O) groups excluding carboxylic acids is 1. The van der Waals surface area contributed by atoms with Crippen LogP contribution in [0.2, 0.25) is 0 Å². The zero-order chi connectivity index (χ0) is 15.3. The second kappa shape index (κ2) is 6.27. The molecule has 0 atom stereocenters. The minimum atomic E-state index is -3.94. The third-order valence-corrected chi connectivity index (χ3v) is 3.81. The van der Waals surface area contributed by atoms with Gasteiger partial charge >= 0.3 is 0 Å². The van der Waals surface area contributed by atoms with E-state index in [9.17, 15) is 17.6 Å². The molecule has 1 aromatic heterocycles. The van der Waals surface area contributed by atoms with Crippen LogP contribution in [0.25, 0.3) is 6.08 Å². The summed E-state index contributed by atoms with van der Waals surface area (Å²) in [6, 6.07) is 8.19. The van der Waals surface area contributed by atoms with Gasteiger partial charge in [-0.25, -0.2) is 17.5 Å². The molecule has 0 aliphatic carbocycles. The average Bonchev–Trinajstić information content (AvgIpc) is 2.47. The number of benzene rings is 1. The Balaban J connectivity index is 2.06. The molecule has 1 heterocycles. The Kier molecular flexibility index (Phi) is 4.44. The van der Waals surface area contributed by atoms with Crippen molar-refractivity contribution < 1.29 is 17.6 Å². The number of hydrogen-bond donors (Lipinski definition) is 1. The van der Waals surface area contributed by atoms with Gasteiger partial charge in [0.15, 0.2) is 0 Å². The number of sulfonamides is 1. The van der Waals surface area contributed by atoms with Gasteiger partial charge in [-0.2, -0.15) is 0 Å². The Morgan fingerprint density at radius 1 is 1.19 bits per heavy atom. The molecule has 0 saturated carbocycles. The number of nitrogens with one attached hydrogen (secondary N) is 1. The largest absolute Gasteiger partial charge is 0.269 e. The molecule has 7 heteroatoms. The normalized spacial score (nSPS) is 11.5. The molecule has 0 spiro atoms. The first-order valence-electron chi connectivity index (χ1n) is 5.88. The molecule has 0 saturated heterocycles. The van der Waals surface area contributed by atoms with E-state index in [0.717, 1.165) is 12.3 Å². The summed E-state index contributed by atoms with van der Waals surface area (Å²) in [5.41, 5.74) is 0.574. The third-order valence-electron chi connectivity index (χ3n) is 2.48. The minimum absolute atomic E-state index is 0.103. The highest BCUT2D eigenvalue weighted by Gasteiger charge is 2.15. The molecular weight excluding hydrogens is 295 g/mol. The molecule has 0 aliphatic heterocycles. The summed E-state index contributed by atoms with van der Waals surface area (Å²) in [4.78, 5) is 15.2. The van der Waals surface area contributed by atoms with E-state index in [1.807, 2.05) is 4.72 Å². The van der Waals surface area contributed by atoms with Crippen molar-refractivity contribution in [1.82, 2.24) is 9.71 Å². The summed E-state index contributed by atoms with van der Waals surface area (Å²) in [6.07, 6.45) is 5.00. The van der Waals surface area contributed by atoms with Crippen LogP contribution in [0.1, 0.15) is 5.56 Å². The van der Waals surface area contributed by atoms with Crippen molar-refractivity contribution in [1.29, 1.82) is 0 Å². The quantitative estimate of drug-likeness (QED) is 0.873. The maximum atomic E-state index is 12.7. The third kappa shape index (κ3) is 4.22. The highest BCUT2D eigenvalue weighted by molar-refractivity contribution is 7.90. The number of hydrogen-bond acceptors (Lipinski definition) is 4. The number of rotatable bonds is 4. The zero-order valence-corrected chi connectivity index (χ0v) is 11.5. The lowest BCUT2D eigenvalue weighted by atomic mass is 10.2. The number of amides is 1. The molecule has 2 rings (SSSR count). The summed E-state index contributed by atoms with van der Waals surface area (Å²) in [5, 5.41) is 0. The van der Waals surface area contributed by atoms with Gasteiger partial charge < -0.3 is 0 Å². The van der Waals surface area contributed by atoms with Gasteiger partial charge in [-0.1, -0.05) is 12.1 Å². The molecule has 0 fully saturated rings. The van der Waals surface area contributed by atoms with E-state index in [4.69, 9.17) is 0 Å². The van der Waals surface area contributed by atoms with Gasteiger partial charge in [0.25, 0.3) is 15.9 Å². The van der Waals surface area contributed by atoms with Gasteiger partial charge in [-0.05, 0) is 35.9 Å². The lowest BCUT2D eigenvalue weighted by Gasteiger charge is -2.03. The number of nitrogens with zero attached hydrogens (tertiary/aromatic N) is 1.